The Hall–Kier alpha value is -2.58. The van der Waals surface area contributed by atoms with Crippen molar-refractivity contribution in [3.8, 4) is 0 Å². The Bertz CT molecular complexity index is 885. The lowest BCUT2D eigenvalue weighted by atomic mass is 9.82. The van der Waals surface area contributed by atoms with Crippen LogP contribution in [-0.2, 0) is 4.79 Å². The van der Waals surface area contributed by atoms with Crippen molar-refractivity contribution in [1.29, 1.82) is 0 Å². The third kappa shape index (κ3) is 2.91. The van der Waals surface area contributed by atoms with Gasteiger partial charge in [-0.15, -0.1) is 0 Å². The number of hydrogen-bond donors (Lipinski definition) is 2. The summed E-state index contributed by atoms with van der Waals surface area (Å²) in [5.41, 5.74) is 2.78. The van der Waals surface area contributed by atoms with E-state index in [4.69, 9.17) is 0 Å². The maximum atomic E-state index is 13.5. The molecule has 1 atom stereocenters. The van der Waals surface area contributed by atoms with Gasteiger partial charge in [0.15, 0.2) is 5.65 Å². The van der Waals surface area contributed by atoms with Gasteiger partial charge in [-0.1, -0.05) is 0 Å². The molecule has 2 N–H and O–H groups in total. The lowest BCUT2D eigenvalue weighted by molar-refractivity contribution is -0.122. The lowest BCUT2D eigenvalue weighted by Crippen LogP contribution is -2.51. The summed E-state index contributed by atoms with van der Waals surface area (Å²) >= 11 is 0. The zero-order valence-electron chi connectivity index (χ0n) is 14.3. The monoisotopic (exact) mass is 363 g/mol. The number of aromatic nitrogens is 3. The molecule has 0 radical (unpaired) electrons. The zero-order valence-corrected chi connectivity index (χ0v) is 14.3. The molecule has 1 saturated heterocycles. The first-order chi connectivity index (χ1) is 12.3. The minimum Gasteiger partial charge on any atom is -0.337 e. The second-order valence-electron chi connectivity index (χ2n) is 7.04. The molecule has 3 heterocycles. The van der Waals surface area contributed by atoms with Crippen molar-refractivity contribution in [2.75, 3.05) is 6.54 Å². The molecule has 0 aromatic carbocycles. The molecule has 26 heavy (non-hydrogen) atoms. The van der Waals surface area contributed by atoms with E-state index < -0.39 is 23.8 Å². The maximum absolute atomic E-state index is 13.5. The number of carbonyl (C=O) groups excluding carboxylic acids is 2. The fourth-order valence-electron chi connectivity index (χ4n) is 3.71. The second kappa shape index (κ2) is 6.00. The molecule has 138 valence electrons. The van der Waals surface area contributed by atoms with Crippen LogP contribution in [0.15, 0.2) is 12.3 Å². The average Bonchev–Trinajstić information content (AvgIpc) is 2.96. The summed E-state index contributed by atoms with van der Waals surface area (Å²) in [6.07, 6.45) is 2.11. The highest BCUT2D eigenvalue weighted by Crippen LogP contribution is 2.42. The molecule has 2 aliphatic rings. The molecule has 1 aliphatic heterocycles. The number of carbonyl (C=O) groups is 2. The van der Waals surface area contributed by atoms with E-state index >= 15 is 0 Å². The molecule has 1 aliphatic carbocycles. The van der Waals surface area contributed by atoms with Crippen LogP contribution in [0.25, 0.3) is 5.65 Å². The number of hydrogen-bond acceptors (Lipinski definition) is 4. The van der Waals surface area contributed by atoms with Crippen LogP contribution >= 0.6 is 0 Å². The van der Waals surface area contributed by atoms with Gasteiger partial charge in [0.25, 0.3) is 0 Å². The average molecular weight is 363 g/mol. The molecular formula is C17H19F2N5O2. The SMILES string of the molecule is Cc1cnc2c(C3CCC(F)(F)CC3)cc(C3CNC(=O)NC3=O)nn12. The quantitative estimate of drug-likeness (QED) is 0.857. The first-order valence-corrected chi connectivity index (χ1v) is 8.66. The molecule has 9 heteroatoms. The van der Waals surface area contributed by atoms with Gasteiger partial charge in [0.1, 0.15) is 0 Å². The van der Waals surface area contributed by atoms with Crippen LogP contribution in [0.4, 0.5) is 13.6 Å². The van der Waals surface area contributed by atoms with Crippen LogP contribution in [0, 0.1) is 6.92 Å². The number of alkyl halides is 2. The predicted molar refractivity (Wildman–Crippen MR) is 88.2 cm³/mol. The van der Waals surface area contributed by atoms with Crippen molar-refractivity contribution in [1.82, 2.24) is 25.2 Å². The highest BCUT2D eigenvalue weighted by molar-refractivity contribution is 6.00. The fourth-order valence-corrected chi connectivity index (χ4v) is 3.71. The van der Waals surface area contributed by atoms with Gasteiger partial charge in [-0.05, 0) is 31.7 Å². The molecule has 2 aromatic rings. The molecule has 1 unspecified atom stereocenters. The summed E-state index contributed by atoms with van der Waals surface area (Å²) < 4.78 is 28.7. The highest BCUT2D eigenvalue weighted by atomic mass is 19.3. The van der Waals surface area contributed by atoms with Gasteiger partial charge in [0, 0.05) is 24.9 Å². The molecule has 0 bridgehead atoms. The predicted octanol–water partition coefficient (Wildman–Crippen LogP) is 2.25. The van der Waals surface area contributed by atoms with Crippen LogP contribution in [0.3, 0.4) is 0 Å². The van der Waals surface area contributed by atoms with Crippen molar-refractivity contribution in [2.45, 2.75) is 50.4 Å². The van der Waals surface area contributed by atoms with Gasteiger partial charge in [-0.25, -0.2) is 23.1 Å². The molecule has 7 nitrogen and oxygen atoms in total. The number of nitrogens with zero attached hydrogens (tertiary/aromatic N) is 3. The van der Waals surface area contributed by atoms with E-state index in [-0.39, 0.29) is 25.3 Å². The number of urea groups is 1. The van der Waals surface area contributed by atoms with Gasteiger partial charge in [0.2, 0.25) is 11.8 Å². The van der Waals surface area contributed by atoms with Crippen molar-refractivity contribution in [2.24, 2.45) is 0 Å². The summed E-state index contributed by atoms with van der Waals surface area (Å²) in [4.78, 5) is 27.9. The number of rotatable bonds is 2. The fraction of sp³-hybridized carbons (Fsp3) is 0.529. The third-order valence-corrected chi connectivity index (χ3v) is 5.22. The van der Waals surface area contributed by atoms with E-state index in [0.717, 1.165) is 11.3 Å². The minimum absolute atomic E-state index is 0.0538. The summed E-state index contributed by atoms with van der Waals surface area (Å²) in [6, 6.07) is 1.26. The van der Waals surface area contributed by atoms with Gasteiger partial charge < -0.3 is 5.32 Å². The van der Waals surface area contributed by atoms with Crippen LogP contribution < -0.4 is 10.6 Å². The summed E-state index contributed by atoms with van der Waals surface area (Å²) in [6.45, 7) is 2.00. The van der Waals surface area contributed by atoms with Crippen molar-refractivity contribution in [3.05, 3.63) is 29.2 Å². The van der Waals surface area contributed by atoms with Gasteiger partial charge >= 0.3 is 6.03 Å². The van der Waals surface area contributed by atoms with E-state index in [0.29, 0.717) is 24.2 Å². The number of halogens is 2. The van der Waals surface area contributed by atoms with Gasteiger partial charge in [-0.3, -0.25) is 10.1 Å². The van der Waals surface area contributed by atoms with Crippen LogP contribution in [0.1, 0.15) is 54.5 Å². The molecule has 0 spiro atoms. The van der Waals surface area contributed by atoms with Gasteiger partial charge in [-0.2, -0.15) is 5.10 Å². The Labute approximate surface area is 148 Å². The molecule has 3 amide bonds. The Morgan fingerprint density at radius 2 is 2.00 bits per heavy atom. The number of nitrogens with one attached hydrogen (secondary N) is 2. The maximum Gasteiger partial charge on any atom is 0.321 e. The molecule has 2 aromatic heterocycles. The number of amides is 3. The van der Waals surface area contributed by atoms with E-state index in [1.54, 1.807) is 16.8 Å². The first kappa shape index (κ1) is 16.9. The molecule has 1 saturated carbocycles. The largest absolute Gasteiger partial charge is 0.337 e. The second-order valence-corrected chi connectivity index (χ2v) is 7.04. The van der Waals surface area contributed by atoms with Crippen molar-refractivity contribution >= 4 is 17.6 Å². The smallest absolute Gasteiger partial charge is 0.321 e. The van der Waals surface area contributed by atoms with Gasteiger partial charge in [0.05, 0.1) is 23.5 Å². The van der Waals surface area contributed by atoms with Crippen molar-refractivity contribution < 1.29 is 18.4 Å². The molecule has 4 rings (SSSR count). The van der Waals surface area contributed by atoms with E-state index in [9.17, 15) is 18.4 Å². The summed E-state index contributed by atoms with van der Waals surface area (Å²) in [5, 5.41) is 9.35. The Morgan fingerprint density at radius 3 is 2.69 bits per heavy atom. The number of aryl methyl sites for hydroxylation is 1. The molecule has 2 fully saturated rings. The Morgan fingerprint density at radius 1 is 1.27 bits per heavy atom. The molecular weight excluding hydrogens is 344 g/mol. The topological polar surface area (TPSA) is 88.4 Å². The summed E-state index contributed by atoms with van der Waals surface area (Å²) in [7, 11) is 0. The number of imidazole rings is 1. The lowest BCUT2D eigenvalue weighted by Gasteiger charge is -2.29. The zero-order chi connectivity index (χ0) is 18.5. The van der Waals surface area contributed by atoms with Crippen LogP contribution in [0.5, 0.6) is 0 Å². The standard InChI is InChI=1S/C17H19F2N5O2/c1-9-7-20-14-11(10-2-4-17(18,19)5-3-10)6-13(23-24(9)14)12-8-21-16(26)22-15(12)25/h6-7,10,12H,2-5,8H2,1H3,(H2,21,22,25,26). The third-order valence-electron chi connectivity index (χ3n) is 5.22. The normalized spacial score (nSPS) is 23.7. The summed E-state index contributed by atoms with van der Waals surface area (Å²) in [5.74, 6) is -3.70. The first-order valence-electron chi connectivity index (χ1n) is 8.66. The Kier molecular flexibility index (Phi) is 3.89. The van der Waals surface area contributed by atoms with Crippen molar-refractivity contribution in [3.63, 3.8) is 0 Å². The number of fused-ring (bicyclic) bond motifs is 1. The minimum atomic E-state index is -2.61. The van der Waals surface area contributed by atoms with E-state index in [1.165, 1.54) is 0 Å². The number of imide groups is 1. The van der Waals surface area contributed by atoms with Crippen LogP contribution in [-0.4, -0.2) is 39.0 Å². The van der Waals surface area contributed by atoms with Crippen LogP contribution in [0.2, 0.25) is 0 Å². The van der Waals surface area contributed by atoms with E-state index in [2.05, 4.69) is 20.7 Å². The Balaban J connectivity index is 1.75. The highest BCUT2D eigenvalue weighted by Gasteiger charge is 2.37. The van der Waals surface area contributed by atoms with E-state index in [1.807, 2.05) is 6.92 Å².